The fourth-order valence-corrected chi connectivity index (χ4v) is 2.57. The van der Waals surface area contributed by atoms with Gasteiger partial charge in [0.05, 0.1) is 11.0 Å². The highest BCUT2D eigenvalue weighted by Gasteiger charge is 2.12. The van der Waals surface area contributed by atoms with Crippen molar-refractivity contribution >= 4 is 28.2 Å². The Hall–Kier alpha value is -2.09. The first-order valence-electron chi connectivity index (χ1n) is 5.68. The Labute approximate surface area is 99.5 Å². The van der Waals surface area contributed by atoms with Crippen LogP contribution in [0.3, 0.4) is 0 Å². The highest BCUT2D eigenvalue weighted by atomic mass is 16.1. The van der Waals surface area contributed by atoms with Crippen LogP contribution in [0.5, 0.6) is 0 Å². The quantitative estimate of drug-likeness (QED) is 0.579. The SMILES string of the molecule is Cc1ccc(C)c2c1c1ccccc1n2C=O. The number of aromatic nitrogens is 1. The van der Waals surface area contributed by atoms with Crippen molar-refractivity contribution in [1.82, 2.24) is 4.57 Å². The van der Waals surface area contributed by atoms with Gasteiger partial charge in [-0.25, -0.2) is 0 Å². The molecule has 0 fully saturated rings. The van der Waals surface area contributed by atoms with Crippen LogP contribution in [0.15, 0.2) is 36.4 Å². The van der Waals surface area contributed by atoms with Crippen LogP contribution in [0.2, 0.25) is 0 Å². The third-order valence-electron chi connectivity index (χ3n) is 3.37. The van der Waals surface area contributed by atoms with E-state index in [9.17, 15) is 4.79 Å². The smallest absolute Gasteiger partial charge is 0.218 e. The molecule has 84 valence electrons. The van der Waals surface area contributed by atoms with Gasteiger partial charge in [-0.1, -0.05) is 30.3 Å². The molecule has 0 atom stereocenters. The number of fused-ring (bicyclic) bond motifs is 3. The predicted molar refractivity (Wildman–Crippen MR) is 71.1 cm³/mol. The van der Waals surface area contributed by atoms with Crippen LogP contribution in [0.1, 0.15) is 11.1 Å². The molecule has 3 aromatic rings. The maximum absolute atomic E-state index is 11.3. The Kier molecular flexibility index (Phi) is 2.05. The van der Waals surface area contributed by atoms with E-state index in [1.54, 1.807) is 4.57 Å². The summed E-state index contributed by atoms with van der Waals surface area (Å²) in [6.07, 6.45) is 0.900. The van der Waals surface area contributed by atoms with Crippen molar-refractivity contribution in [3.63, 3.8) is 0 Å². The van der Waals surface area contributed by atoms with Gasteiger partial charge in [-0.05, 0) is 31.0 Å². The number of nitrogens with zero attached hydrogens (tertiary/aromatic N) is 1. The molecular weight excluding hydrogens is 210 g/mol. The van der Waals surface area contributed by atoms with Crippen molar-refractivity contribution in [2.45, 2.75) is 13.8 Å². The first-order chi connectivity index (χ1) is 8.24. The maximum atomic E-state index is 11.3. The Balaban J connectivity index is 2.73. The lowest BCUT2D eigenvalue weighted by atomic mass is 10.0. The molecule has 0 aliphatic rings. The molecule has 0 saturated heterocycles. The topological polar surface area (TPSA) is 22.0 Å². The van der Waals surface area contributed by atoms with Gasteiger partial charge in [0.2, 0.25) is 6.41 Å². The lowest BCUT2D eigenvalue weighted by molar-refractivity contribution is 0.550. The highest BCUT2D eigenvalue weighted by Crippen LogP contribution is 2.32. The summed E-state index contributed by atoms with van der Waals surface area (Å²) in [5.41, 5.74) is 4.35. The van der Waals surface area contributed by atoms with Gasteiger partial charge >= 0.3 is 0 Å². The number of carbonyl (C=O) groups is 1. The third kappa shape index (κ3) is 1.24. The fourth-order valence-electron chi connectivity index (χ4n) is 2.57. The molecule has 2 aromatic carbocycles. The normalized spacial score (nSPS) is 11.2. The Morgan fingerprint density at radius 2 is 1.71 bits per heavy atom. The summed E-state index contributed by atoms with van der Waals surface area (Å²) in [5.74, 6) is 0. The molecule has 0 unspecified atom stereocenters. The number of para-hydroxylation sites is 1. The van der Waals surface area contributed by atoms with Crippen LogP contribution < -0.4 is 0 Å². The summed E-state index contributed by atoms with van der Waals surface area (Å²) in [6, 6.07) is 12.2. The molecule has 2 heteroatoms. The molecule has 3 rings (SSSR count). The summed E-state index contributed by atoms with van der Waals surface area (Å²) in [7, 11) is 0. The van der Waals surface area contributed by atoms with Crippen LogP contribution in [0.4, 0.5) is 0 Å². The summed E-state index contributed by atoms with van der Waals surface area (Å²) in [6.45, 7) is 4.13. The van der Waals surface area contributed by atoms with E-state index in [1.807, 2.05) is 25.1 Å². The summed E-state index contributed by atoms with van der Waals surface area (Å²) >= 11 is 0. The van der Waals surface area contributed by atoms with Gasteiger partial charge in [-0.2, -0.15) is 0 Å². The number of aryl methyl sites for hydroxylation is 2. The minimum atomic E-state index is 0.900. The minimum Gasteiger partial charge on any atom is -0.282 e. The van der Waals surface area contributed by atoms with Gasteiger partial charge in [-0.3, -0.25) is 9.36 Å². The van der Waals surface area contributed by atoms with Crippen molar-refractivity contribution < 1.29 is 4.79 Å². The number of hydrogen-bond acceptors (Lipinski definition) is 1. The van der Waals surface area contributed by atoms with Crippen molar-refractivity contribution in [1.29, 1.82) is 0 Å². The zero-order valence-electron chi connectivity index (χ0n) is 9.90. The summed E-state index contributed by atoms with van der Waals surface area (Å²) in [4.78, 5) is 11.3. The maximum Gasteiger partial charge on any atom is 0.218 e. The van der Waals surface area contributed by atoms with E-state index in [4.69, 9.17) is 0 Å². The molecule has 0 radical (unpaired) electrons. The van der Waals surface area contributed by atoms with E-state index in [0.717, 1.165) is 28.4 Å². The standard InChI is InChI=1S/C15H13NO/c1-10-7-8-11(2)15-14(10)12-5-3-4-6-13(12)16(15)9-17/h3-9H,1-2H3. The molecule has 0 amide bonds. The second-order valence-corrected chi connectivity index (χ2v) is 4.42. The van der Waals surface area contributed by atoms with Gasteiger partial charge in [0.1, 0.15) is 0 Å². The molecule has 0 N–H and O–H groups in total. The van der Waals surface area contributed by atoms with Crippen molar-refractivity contribution in [2.75, 3.05) is 0 Å². The van der Waals surface area contributed by atoms with E-state index in [-0.39, 0.29) is 0 Å². The Bertz CT molecular complexity index is 737. The lowest BCUT2D eigenvalue weighted by Gasteiger charge is -2.02. The predicted octanol–water partition coefficient (Wildman–Crippen LogP) is 3.45. The lowest BCUT2D eigenvalue weighted by Crippen LogP contribution is -1.95. The minimum absolute atomic E-state index is 0.900. The van der Waals surface area contributed by atoms with Crippen molar-refractivity contribution in [2.24, 2.45) is 0 Å². The molecule has 0 bridgehead atoms. The van der Waals surface area contributed by atoms with E-state index in [2.05, 4.69) is 25.1 Å². The average molecular weight is 223 g/mol. The van der Waals surface area contributed by atoms with E-state index in [1.165, 1.54) is 10.9 Å². The molecule has 1 heterocycles. The first kappa shape index (κ1) is 10.1. The fraction of sp³-hybridized carbons (Fsp3) is 0.133. The van der Waals surface area contributed by atoms with Crippen LogP contribution in [-0.2, 0) is 4.79 Å². The summed E-state index contributed by atoms with van der Waals surface area (Å²) in [5, 5.41) is 2.34. The zero-order valence-corrected chi connectivity index (χ0v) is 9.90. The number of carbonyl (C=O) groups excluding carboxylic acids is 1. The zero-order chi connectivity index (χ0) is 12.0. The molecule has 0 spiro atoms. The number of benzene rings is 2. The van der Waals surface area contributed by atoms with E-state index in [0.29, 0.717) is 0 Å². The molecular formula is C15H13NO. The van der Waals surface area contributed by atoms with Gasteiger partial charge < -0.3 is 0 Å². The number of rotatable bonds is 1. The van der Waals surface area contributed by atoms with Crippen molar-refractivity contribution in [3.05, 3.63) is 47.5 Å². The van der Waals surface area contributed by atoms with Gasteiger partial charge in [0.25, 0.3) is 0 Å². The van der Waals surface area contributed by atoms with Gasteiger partial charge in [0.15, 0.2) is 0 Å². The van der Waals surface area contributed by atoms with E-state index >= 15 is 0 Å². The number of hydrogen-bond donors (Lipinski definition) is 0. The van der Waals surface area contributed by atoms with Crippen LogP contribution in [0, 0.1) is 13.8 Å². The highest BCUT2D eigenvalue weighted by molar-refractivity contribution is 6.13. The Morgan fingerprint density at radius 3 is 2.47 bits per heavy atom. The van der Waals surface area contributed by atoms with Gasteiger partial charge in [-0.15, -0.1) is 0 Å². The molecule has 1 aromatic heterocycles. The average Bonchev–Trinajstić information content (AvgIpc) is 2.69. The first-order valence-corrected chi connectivity index (χ1v) is 5.68. The molecule has 0 aliphatic heterocycles. The van der Waals surface area contributed by atoms with Crippen LogP contribution in [0.25, 0.3) is 21.8 Å². The van der Waals surface area contributed by atoms with Crippen LogP contribution in [-0.4, -0.2) is 11.0 Å². The molecule has 0 aliphatic carbocycles. The molecule has 0 saturated carbocycles. The largest absolute Gasteiger partial charge is 0.282 e. The molecule has 17 heavy (non-hydrogen) atoms. The van der Waals surface area contributed by atoms with Crippen LogP contribution >= 0.6 is 0 Å². The summed E-state index contributed by atoms with van der Waals surface area (Å²) < 4.78 is 1.74. The third-order valence-corrected chi connectivity index (χ3v) is 3.37. The van der Waals surface area contributed by atoms with Gasteiger partial charge in [0, 0.05) is 10.8 Å². The second kappa shape index (κ2) is 3.45. The molecule has 2 nitrogen and oxygen atoms in total. The van der Waals surface area contributed by atoms with Crippen molar-refractivity contribution in [3.8, 4) is 0 Å². The van der Waals surface area contributed by atoms with E-state index < -0.39 is 0 Å². The second-order valence-electron chi connectivity index (χ2n) is 4.42. The Morgan fingerprint density at radius 1 is 1.00 bits per heavy atom. The monoisotopic (exact) mass is 223 g/mol.